The molecule has 4 nitrogen and oxygen atoms in total. The maximum Gasteiger partial charge on any atom is 0.185 e. The van der Waals surface area contributed by atoms with Crippen molar-refractivity contribution in [2.24, 2.45) is 5.41 Å². The summed E-state index contributed by atoms with van der Waals surface area (Å²) in [4.78, 5) is 16.1. The first-order valence-electron chi connectivity index (χ1n) is 10.7. The Hall–Kier alpha value is -3.86. The van der Waals surface area contributed by atoms with Crippen molar-refractivity contribution in [1.82, 2.24) is 0 Å². The second-order valence-corrected chi connectivity index (χ2v) is 8.94. The lowest BCUT2D eigenvalue weighted by Gasteiger charge is -2.35. The first kappa shape index (κ1) is 21.0. The first-order chi connectivity index (χ1) is 16.0. The highest BCUT2D eigenvalue weighted by Crippen LogP contribution is 2.56. The minimum absolute atomic E-state index is 0.137. The molecule has 3 atom stereocenters. The van der Waals surface area contributed by atoms with Crippen LogP contribution in [0, 0.1) is 35.0 Å². The molecule has 1 saturated heterocycles. The highest BCUT2D eigenvalue weighted by atomic mass is 35.5. The van der Waals surface area contributed by atoms with E-state index in [0.29, 0.717) is 16.1 Å². The molecule has 3 aromatic carbocycles. The average molecular weight is 450 g/mol. The molecule has 0 aliphatic carbocycles. The number of aryl methyl sites for hydroxylation is 1. The van der Waals surface area contributed by atoms with Crippen LogP contribution in [0.5, 0.6) is 0 Å². The van der Waals surface area contributed by atoms with E-state index in [-0.39, 0.29) is 5.78 Å². The third-order valence-corrected chi connectivity index (χ3v) is 7.10. The van der Waals surface area contributed by atoms with Gasteiger partial charge in [0.2, 0.25) is 0 Å². The van der Waals surface area contributed by atoms with E-state index in [1.54, 1.807) is 24.3 Å². The molecule has 3 aromatic rings. The van der Waals surface area contributed by atoms with E-state index in [0.717, 1.165) is 16.8 Å². The van der Waals surface area contributed by atoms with Crippen LogP contribution in [0.3, 0.4) is 0 Å². The minimum Gasteiger partial charge on any atom is -0.351 e. The van der Waals surface area contributed by atoms with Gasteiger partial charge in [-0.2, -0.15) is 10.5 Å². The number of para-hydroxylation sites is 1. The zero-order valence-electron chi connectivity index (χ0n) is 17.9. The van der Waals surface area contributed by atoms with Gasteiger partial charge in [-0.25, -0.2) is 0 Å². The molecule has 33 heavy (non-hydrogen) atoms. The number of hydrogen-bond acceptors (Lipinski definition) is 4. The quantitative estimate of drug-likeness (QED) is 0.464. The number of rotatable bonds is 3. The predicted molar refractivity (Wildman–Crippen MR) is 129 cm³/mol. The molecule has 5 heteroatoms. The summed E-state index contributed by atoms with van der Waals surface area (Å²) in [6.07, 6.45) is 3.81. The lowest BCUT2D eigenvalue weighted by molar-refractivity contribution is 0.0951. The van der Waals surface area contributed by atoms with Gasteiger partial charge in [-0.05, 0) is 30.2 Å². The van der Waals surface area contributed by atoms with E-state index in [1.807, 2.05) is 72.5 Å². The molecule has 3 unspecified atom stereocenters. The summed E-state index contributed by atoms with van der Waals surface area (Å²) in [5.74, 6) is -0.877. The maximum atomic E-state index is 14.1. The van der Waals surface area contributed by atoms with Crippen LogP contribution >= 0.6 is 11.6 Å². The van der Waals surface area contributed by atoms with E-state index >= 15 is 0 Å². The molecular weight excluding hydrogens is 430 g/mol. The summed E-state index contributed by atoms with van der Waals surface area (Å²) >= 11 is 6.61. The lowest BCUT2D eigenvalue weighted by Crippen LogP contribution is -2.44. The Morgan fingerprint density at radius 2 is 1.64 bits per heavy atom. The van der Waals surface area contributed by atoms with Crippen LogP contribution in [0.2, 0.25) is 5.02 Å². The fraction of sp³-hybridized carbons (Fsp3) is 0.179. The Balaban J connectivity index is 1.80. The number of Topliss-reactive ketones (excluding diaryl/α,β-unsaturated/α-hetero) is 1. The molecular formula is C28H20ClN3O. The summed E-state index contributed by atoms with van der Waals surface area (Å²) in [6.45, 7) is 1.97. The number of carbonyl (C=O) groups is 1. The molecule has 0 spiro atoms. The van der Waals surface area contributed by atoms with Crippen LogP contribution in [0.4, 0.5) is 5.69 Å². The number of benzene rings is 3. The van der Waals surface area contributed by atoms with Crippen LogP contribution in [-0.4, -0.2) is 17.9 Å². The normalized spacial score (nSPS) is 22.1. The number of halogens is 1. The average Bonchev–Trinajstić information content (AvgIpc) is 3.15. The molecule has 2 aliphatic rings. The number of ketones is 1. The summed E-state index contributed by atoms with van der Waals surface area (Å²) in [5.41, 5.74) is 2.50. The molecule has 0 N–H and O–H groups in total. The third kappa shape index (κ3) is 3.07. The Morgan fingerprint density at radius 3 is 2.33 bits per heavy atom. The van der Waals surface area contributed by atoms with Crippen LogP contribution in [-0.2, 0) is 0 Å². The molecule has 0 bridgehead atoms. The molecule has 0 amide bonds. The Kier molecular flexibility index (Phi) is 5.05. The van der Waals surface area contributed by atoms with Crippen LogP contribution in [0.1, 0.15) is 33.0 Å². The largest absolute Gasteiger partial charge is 0.351 e. The van der Waals surface area contributed by atoms with Gasteiger partial charge in [-0.1, -0.05) is 90.0 Å². The number of carbonyl (C=O) groups excluding carboxylic acids is 1. The highest BCUT2D eigenvalue weighted by Gasteiger charge is 2.63. The summed E-state index contributed by atoms with van der Waals surface area (Å²) in [7, 11) is 0. The van der Waals surface area contributed by atoms with E-state index in [4.69, 9.17) is 11.6 Å². The molecule has 0 radical (unpaired) electrons. The van der Waals surface area contributed by atoms with Crippen molar-refractivity contribution in [3.8, 4) is 12.1 Å². The van der Waals surface area contributed by atoms with Gasteiger partial charge < -0.3 is 4.90 Å². The van der Waals surface area contributed by atoms with Gasteiger partial charge in [0.05, 0.1) is 18.2 Å². The number of hydrogen-bond donors (Lipinski definition) is 0. The zero-order valence-corrected chi connectivity index (χ0v) is 18.7. The van der Waals surface area contributed by atoms with Crippen molar-refractivity contribution in [3.05, 3.63) is 106 Å². The standard InChI is InChI=1S/C28H20ClN3O/c1-18-10-12-20(13-11-18)27(33)26-25(21-7-3-4-8-22(21)29)28(16-30,17-31)24-15-14-19-6-2-5-9-23(19)32(24)26/h2-15,24-26H,1H3. The molecule has 0 aromatic heterocycles. The first-order valence-corrected chi connectivity index (χ1v) is 11.1. The Morgan fingerprint density at radius 1 is 0.970 bits per heavy atom. The topological polar surface area (TPSA) is 67.9 Å². The third-order valence-electron chi connectivity index (χ3n) is 6.76. The molecule has 2 heterocycles. The number of nitrogens with zero attached hydrogens (tertiary/aromatic N) is 3. The highest BCUT2D eigenvalue weighted by molar-refractivity contribution is 6.31. The van der Waals surface area contributed by atoms with Crippen molar-refractivity contribution in [1.29, 1.82) is 10.5 Å². The van der Waals surface area contributed by atoms with E-state index in [9.17, 15) is 15.3 Å². The molecule has 5 rings (SSSR count). The second-order valence-electron chi connectivity index (χ2n) is 8.54. The summed E-state index contributed by atoms with van der Waals surface area (Å²) < 4.78 is 0. The fourth-order valence-electron chi connectivity index (χ4n) is 5.19. The molecule has 2 aliphatic heterocycles. The second kappa shape index (κ2) is 7.93. The van der Waals surface area contributed by atoms with Gasteiger partial charge in [0.15, 0.2) is 11.2 Å². The van der Waals surface area contributed by atoms with Gasteiger partial charge in [0.1, 0.15) is 6.04 Å². The van der Waals surface area contributed by atoms with Gasteiger partial charge >= 0.3 is 0 Å². The molecule has 160 valence electrons. The molecule has 0 saturated carbocycles. The van der Waals surface area contributed by atoms with Crippen molar-refractivity contribution in [3.63, 3.8) is 0 Å². The summed E-state index contributed by atoms with van der Waals surface area (Å²) in [6, 6.07) is 25.6. The van der Waals surface area contributed by atoms with E-state index < -0.39 is 23.4 Å². The predicted octanol–water partition coefficient (Wildman–Crippen LogP) is 5.93. The van der Waals surface area contributed by atoms with Crippen LogP contribution in [0.25, 0.3) is 6.08 Å². The van der Waals surface area contributed by atoms with Crippen molar-refractivity contribution in [2.45, 2.75) is 24.9 Å². The lowest BCUT2D eigenvalue weighted by atomic mass is 9.69. The smallest absolute Gasteiger partial charge is 0.185 e. The van der Waals surface area contributed by atoms with E-state index in [2.05, 4.69) is 12.1 Å². The Labute approximate surface area is 198 Å². The van der Waals surface area contributed by atoms with Crippen molar-refractivity contribution in [2.75, 3.05) is 4.90 Å². The SMILES string of the molecule is Cc1ccc(C(=O)C2C(c3ccccc3Cl)C(C#N)(C#N)C3C=Cc4ccccc4N23)cc1. The van der Waals surface area contributed by atoms with Crippen LogP contribution in [0.15, 0.2) is 78.9 Å². The summed E-state index contributed by atoms with van der Waals surface area (Å²) in [5, 5.41) is 21.3. The number of nitriles is 2. The maximum absolute atomic E-state index is 14.1. The van der Waals surface area contributed by atoms with Crippen LogP contribution < -0.4 is 4.90 Å². The number of anilines is 1. The monoisotopic (exact) mass is 449 g/mol. The van der Waals surface area contributed by atoms with Crippen molar-refractivity contribution >= 4 is 29.1 Å². The van der Waals surface area contributed by atoms with Gasteiger partial charge in [-0.15, -0.1) is 0 Å². The molecule has 1 fully saturated rings. The van der Waals surface area contributed by atoms with Crippen molar-refractivity contribution < 1.29 is 4.79 Å². The van der Waals surface area contributed by atoms with Gasteiger partial charge in [-0.3, -0.25) is 4.79 Å². The minimum atomic E-state index is -1.50. The van der Waals surface area contributed by atoms with Gasteiger partial charge in [0.25, 0.3) is 0 Å². The zero-order chi connectivity index (χ0) is 23.2. The fourth-order valence-corrected chi connectivity index (χ4v) is 5.45. The Bertz CT molecular complexity index is 1350. The van der Waals surface area contributed by atoms with Gasteiger partial charge in [0, 0.05) is 22.2 Å². The number of fused-ring (bicyclic) bond motifs is 3. The van der Waals surface area contributed by atoms with E-state index in [1.165, 1.54) is 0 Å².